The van der Waals surface area contributed by atoms with Crippen LogP contribution in [-0.2, 0) is 16.7 Å². The molecule has 0 radical (unpaired) electrons. The first kappa shape index (κ1) is 23.9. The highest BCUT2D eigenvalue weighted by molar-refractivity contribution is 14.0. The summed E-state index contributed by atoms with van der Waals surface area (Å²) >= 11 is 1.66. The van der Waals surface area contributed by atoms with Crippen LogP contribution in [0.15, 0.2) is 10.4 Å². The number of methoxy groups -OCH3 is 1. The van der Waals surface area contributed by atoms with Crippen molar-refractivity contribution in [3.63, 3.8) is 0 Å². The number of halogens is 1. The van der Waals surface area contributed by atoms with Crippen molar-refractivity contribution in [1.82, 2.24) is 20.5 Å². The van der Waals surface area contributed by atoms with Crippen molar-refractivity contribution in [3.8, 4) is 0 Å². The van der Waals surface area contributed by atoms with Crippen molar-refractivity contribution in [2.75, 3.05) is 26.7 Å². The largest absolute Gasteiger partial charge is 0.453 e. The molecular weight excluding hydrogens is 477 g/mol. The average Bonchev–Trinajstić information content (AvgIpc) is 3.09. The molecule has 0 bridgehead atoms. The Kier molecular flexibility index (Phi) is 9.78. The van der Waals surface area contributed by atoms with E-state index < -0.39 is 0 Å². The van der Waals surface area contributed by atoms with Gasteiger partial charge in [-0.05, 0) is 19.8 Å². The number of amides is 1. The SMILES string of the molecule is CCNC(=NCc1nc(C(C)(C)C)cs1)NC1CCN(C(=O)OC)CC1.I. The quantitative estimate of drug-likeness (QED) is 0.370. The highest BCUT2D eigenvalue weighted by Crippen LogP contribution is 2.24. The summed E-state index contributed by atoms with van der Waals surface area (Å²) in [5.41, 5.74) is 1.18. The average molecular weight is 509 g/mol. The fourth-order valence-electron chi connectivity index (χ4n) is 2.72. The molecule has 1 saturated heterocycles. The fourth-order valence-corrected chi connectivity index (χ4v) is 3.67. The van der Waals surface area contributed by atoms with Gasteiger partial charge in [0.15, 0.2) is 5.96 Å². The molecule has 2 heterocycles. The molecule has 2 N–H and O–H groups in total. The minimum Gasteiger partial charge on any atom is -0.453 e. The summed E-state index contributed by atoms with van der Waals surface area (Å²) < 4.78 is 4.78. The van der Waals surface area contributed by atoms with Gasteiger partial charge in [-0.25, -0.2) is 14.8 Å². The zero-order valence-electron chi connectivity index (χ0n) is 16.9. The van der Waals surface area contributed by atoms with E-state index in [0.717, 1.165) is 36.0 Å². The molecule has 27 heavy (non-hydrogen) atoms. The third-order valence-corrected chi connectivity index (χ3v) is 5.14. The second kappa shape index (κ2) is 11.0. The number of ether oxygens (including phenoxy) is 1. The number of rotatable bonds is 4. The number of piperidine rings is 1. The maximum Gasteiger partial charge on any atom is 0.409 e. The highest BCUT2D eigenvalue weighted by atomic mass is 127. The Hall–Kier alpha value is -1.10. The maximum absolute atomic E-state index is 11.6. The minimum atomic E-state index is -0.248. The van der Waals surface area contributed by atoms with Crippen molar-refractivity contribution in [3.05, 3.63) is 16.1 Å². The van der Waals surface area contributed by atoms with Crippen LogP contribution in [0.25, 0.3) is 0 Å². The summed E-state index contributed by atoms with van der Waals surface area (Å²) in [6, 6.07) is 0.301. The molecule has 0 aliphatic carbocycles. The van der Waals surface area contributed by atoms with Crippen LogP contribution in [0.2, 0.25) is 0 Å². The zero-order valence-corrected chi connectivity index (χ0v) is 20.0. The van der Waals surface area contributed by atoms with Gasteiger partial charge in [0.1, 0.15) is 5.01 Å². The van der Waals surface area contributed by atoms with Crippen LogP contribution in [0.5, 0.6) is 0 Å². The molecule has 1 fully saturated rings. The van der Waals surface area contributed by atoms with E-state index in [9.17, 15) is 4.79 Å². The molecule has 1 aliphatic heterocycles. The summed E-state index contributed by atoms with van der Waals surface area (Å²) in [5.74, 6) is 0.802. The van der Waals surface area contributed by atoms with Crippen LogP contribution in [0.4, 0.5) is 4.79 Å². The lowest BCUT2D eigenvalue weighted by atomic mass is 9.93. The van der Waals surface area contributed by atoms with Crippen LogP contribution in [-0.4, -0.2) is 54.7 Å². The fraction of sp³-hybridized carbons (Fsp3) is 0.722. The van der Waals surface area contributed by atoms with Gasteiger partial charge in [0, 0.05) is 36.5 Å². The Morgan fingerprint density at radius 3 is 2.59 bits per heavy atom. The van der Waals surface area contributed by atoms with Gasteiger partial charge < -0.3 is 20.3 Å². The predicted molar refractivity (Wildman–Crippen MR) is 121 cm³/mol. The number of aliphatic imine (C=N–C) groups is 1. The monoisotopic (exact) mass is 509 g/mol. The van der Waals surface area contributed by atoms with Gasteiger partial charge in [0.05, 0.1) is 19.3 Å². The molecule has 0 unspecified atom stereocenters. The minimum absolute atomic E-state index is 0. The van der Waals surface area contributed by atoms with Crippen molar-refractivity contribution in [1.29, 1.82) is 0 Å². The third-order valence-electron chi connectivity index (χ3n) is 4.31. The Morgan fingerprint density at radius 2 is 2.07 bits per heavy atom. The smallest absolute Gasteiger partial charge is 0.409 e. The highest BCUT2D eigenvalue weighted by Gasteiger charge is 2.23. The summed E-state index contributed by atoms with van der Waals surface area (Å²) in [4.78, 5) is 22.7. The Balaban J connectivity index is 0.00000364. The molecule has 0 aromatic carbocycles. The van der Waals surface area contributed by atoms with E-state index in [4.69, 9.17) is 9.72 Å². The number of carbonyl (C=O) groups is 1. The maximum atomic E-state index is 11.6. The standard InChI is InChI=1S/C18H31N5O2S.HI/c1-6-19-16(20-11-15-22-14(12-26-15)18(2,3)4)21-13-7-9-23(10-8-13)17(24)25-5;/h12-13H,6-11H2,1-5H3,(H2,19,20,21);1H. The van der Waals surface area contributed by atoms with Gasteiger partial charge in [-0.2, -0.15) is 0 Å². The third kappa shape index (κ3) is 7.44. The lowest BCUT2D eigenvalue weighted by molar-refractivity contribution is 0.111. The van der Waals surface area contributed by atoms with Gasteiger partial charge in [-0.15, -0.1) is 35.3 Å². The first-order valence-corrected chi connectivity index (χ1v) is 10.0. The van der Waals surface area contributed by atoms with E-state index in [-0.39, 0.29) is 35.5 Å². The number of hydrogen-bond donors (Lipinski definition) is 2. The second-order valence-corrected chi connectivity index (χ2v) is 8.39. The number of nitrogens with one attached hydrogen (secondary N) is 2. The molecule has 7 nitrogen and oxygen atoms in total. The van der Waals surface area contributed by atoms with Crippen LogP contribution in [0.3, 0.4) is 0 Å². The van der Waals surface area contributed by atoms with Gasteiger partial charge in [-0.3, -0.25) is 0 Å². The van der Waals surface area contributed by atoms with E-state index >= 15 is 0 Å². The topological polar surface area (TPSA) is 78.9 Å². The number of likely N-dealkylation sites (tertiary alicyclic amines) is 1. The van der Waals surface area contributed by atoms with E-state index in [0.29, 0.717) is 25.7 Å². The lowest BCUT2D eigenvalue weighted by Crippen LogP contribution is -2.49. The molecule has 154 valence electrons. The molecule has 0 spiro atoms. The molecule has 0 atom stereocenters. The Morgan fingerprint density at radius 1 is 1.41 bits per heavy atom. The number of nitrogens with zero attached hydrogens (tertiary/aromatic N) is 3. The van der Waals surface area contributed by atoms with Crippen molar-refractivity contribution in [2.45, 2.75) is 58.5 Å². The first-order chi connectivity index (χ1) is 12.3. The number of guanidine groups is 1. The van der Waals surface area contributed by atoms with Crippen molar-refractivity contribution in [2.24, 2.45) is 4.99 Å². The molecule has 1 aromatic heterocycles. The molecule has 1 aliphatic rings. The van der Waals surface area contributed by atoms with E-state index in [1.807, 2.05) is 0 Å². The van der Waals surface area contributed by atoms with E-state index in [1.54, 1.807) is 16.2 Å². The normalized spacial score (nSPS) is 15.9. The summed E-state index contributed by atoms with van der Waals surface area (Å²) in [7, 11) is 1.42. The zero-order chi connectivity index (χ0) is 19.2. The molecule has 1 aromatic rings. The predicted octanol–water partition coefficient (Wildman–Crippen LogP) is 3.34. The first-order valence-electron chi connectivity index (χ1n) is 9.16. The summed E-state index contributed by atoms with van der Waals surface area (Å²) in [6.07, 6.45) is 1.51. The van der Waals surface area contributed by atoms with Crippen LogP contribution < -0.4 is 10.6 Å². The molecule has 2 rings (SSSR count). The number of carbonyl (C=O) groups excluding carboxylic acids is 1. The van der Waals surface area contributed by atoms with E-state index in [1.165, 1.54) is 7.11 Å². The van der Waals surface area contributed by atoms with Crippen LogP contribution in [0, 0.1) is 0 Å². The Labute approximate surface area is 183 Å². The van der Waals surface area contributed by atoms with Crippen molar-refractivity contribution < 1.29 is 9.53 Å². The van der Waals surface area contributed by atoms with E-state index in [2.05, 4.69) is 48.7 Å². The molecule has 9 heteroatoms. The number of thiazole rings is 1. The van der Waals surface area contributed by atoms with Crippen molar-refractivity contribution >= 4 is 47.4 Å². The molecule has 1 amide bonds. The Bertz CT molecular complexity index is 622. The van der Waals surface area contributed by atoms with Gasteiger partial charge in [0.25, 0.3) is 0 Å². The molecular formula is C18H32IN5O2S. The second-order valence-electron chi connectivity index (χ2n) is 7.45. The van der Waals surface area contributed by atoms with Gasteiger partial charge in [-0.1, -0.05) is 20.8 Å². The number of hydrogen-bond acceptors (Lipinski definition) is 5. The van der Waals surface area contributed by atoms with Crippen LogP contribution >= 0.6 is 35.3 Å². The summed E-state index contributed by atoms with van der Waals surface area (Å²) in [6.45, 7) is 11.3. The lowest BCUT2D eigenvalue weighted by Gasteiger charge is -2.32. The van der Waals surface area contributed by atoms with Gasteiger partial charge in [0.2, 0.25) is 0 Å². The van der Waals surface area contributed by atoms with Gasteiger partial charge >= 0.3 is 6.09 Å². The van der Waals surface area contributed by atoms with Crippen LogP contribution in [0.1, 0.15) is 51.2 Å². The number of aromatic nitrogens is 1. The summed E-state index contributed by atoms with van der Waals surface area (Å²) in [5, 5.41) is 9.91. The molecule has 0 saturated carbocycles.